The third-order valence-corrected chi connectivity index (χ3v) is 4.92. The molecule has 1 fully saturated rings. The predicted octanol–water partition coefficient (Wildman–Crippen LogP) is 1.46. The van der Waals surface area contributed by atoms with E-state index >= 15 is 0 Å². The zero-order chi connectivity index (χ0) is 13.9. The van der Waals surface area contributed by atoms with E-state index in [9.17, 15) is 4.79 Å². The fourth-order valence-electron chi connectivity index (χ4n) is 2.45. The number of carbonyl (C=O) groups excluding carboxylic acids is 1. The molecule has 2 N–H and O–H groups in total. The minimum Gasteiger partial charge on any atom is -0.308 e. The Hall–Kier alpha value is -0.980. The maximum absolute atomic E-state index is 11.8. The van der Waals surface area contributed by atoms with E-state index < -0.39 is 0 Å². The lowest BCUT2D eigenvalue weighted by atomic mass is 10.2. The van der Waals surface area contributed by atoms with Gasteiger partial charge in [0.1, 0.15) is 0 Å². The molecule has 0 spiro atoms. The molecule has 1 aliphatic heterocycles. The third kappa shape index (κ3) is 3.56. The van der Waals surface area contributed by atoms with E-state index in [-0.39, 0.29) is 5.91 Å². The second kappa shape index (κ2) is 6.20. The fraction of sp³-hybridized carbons (Fsp3) is 0.714. The van der Waals surface area contributed by atoms with Crippen LogP contribution in [0.1, 0.15) is 30.3 Å². The van der Waals surface area contributed by atoms with Gasteiger partial charge in [0.15, 0.2) is 5.13 Å². The van der Waals surface area contributed by atoms with E-state index in [4.69, 9.17) is 0 Å². The van der Waals surface area contributed by atoms with Crippen molar-refractivity contribution in [1.29, 1.82) is 0 Å². The fourth-order valence-corrected chi connectivity index (χ4v) is 3.51. The van der Waals surface area contributed by atoms with Gasteiger partial charge in [-0.15, -0.1) is 11.3 Å². The Labute approximate surface area is 123 Å². The van der Waals surface area contributed by atoms with Crippen LogP contribution in [0.3, 0.4) is 0 Å². The molecule has 2 aliphatic rings. The number of carbonyl (C=O) groups is 1. The van der Waals surface area contributed by atoms with E-state index in [1.165, 1.54) is 23.4 Å². The van der Waals surface area contributed by atoms with Crippen molar-refractivity contribution in [1.82, 2.24) is 15.2 Å². The number of nitrogens with one attached hydrogen (secondary N) is 2. The Bertz CT molecular complexity index is 484. The number of thiazole rings is 1. The average Bonchev–Trinajstić information content (AvgIpc) is 3.17. The van der Waals surface area contributed by atoms with Crippen molar-refractivity contribution in [3.05, 3.63) is 10.6 Å². The molecule has 3 rings (SSSR count). The summed E-state index contributed by atoms with van der Waals surface area (Å²) in [6.07, 6.45) is 3.61. The summed E-state index contributed by atoms with van der Waals surface area (Å²) in [5, 5.41) is 6.87. The first kappa shape index (κ1) is 14.0. The van der Waals surface area contributed by atoms with E-state index in [0.29, 0.717) is 6.54 Å². The first-order chi connectivity index (χ1) is 9.74. The molecule has 1 amide bonds. The Kier molecular flexibility index (Phi) is 4.33. The Morgan fingerprint density at radius 3 is 3.10 bits per heavy atom. The SMILES string of the molecule is CCN1CCc2nc(NC(=O)CNCC3CC3)sc2C1. The van der Waals surface area contributed by atoms with Crippen LogP contribution in [0.15, 0.2) is 0 Å². The van der Waals surface area contributed by atoms with Crippen molar-refractivity contribution in [2.45, 2.75) is 32.7 Å². The zero-order valence-electron chi connectivity index (χ0n) is 11.9. The highest BCUT2D eigenvalue weighted by Gasteiger charge is 2.22. The number of nitrogens with zero attached hydrogens (tertiary/aromatic N) is 2. The zero-order valence-corrected chi connectivity index (χ0v) is 12.8. The number of aromatic nitrogens is 1. The van der Waals surface area contributed by atoms with Crippen LogP contribution in [0.5, 0.6) is 0 Å². The molecule has 1 aromatic rings. The van der Waals surface area contributed by atoms with Gasteiger partial charge in [0, 0.05) is 24.4 Å². The molecule has 2 heterocycles. The molecule has 0 bridgehead atoms. The minimum atomic E-state index is 0.0177. The first-order valence-corrected chi connectivity index (χ1v) is 8.27. The van der Waals surface area contributed by atoms with E-state index in [2.05, 4.69) is 27.4 Å². The highest BCUT2D eigenvalue weighted by Crippen LogP contribution is 2.28. The molecular formula is C14H22N4OS. The standard InChI is InChI=1S/C14H22N4OS/c1-2-18-6-5-11-12(9-18)20-14(16-11)17-13(19)8-15-7-10-3-4-10/h10,15H,2-9H2,1H3,(H,16,17,19). The van der Waals surface area contributed by atoms with E-state index in [1.54, 1.807) is 11.3 Å². The Balaban J connectivity index is 1.50. The highest BCUT2D eigenvalue weighted by atomic mass is 32.1. The Morgan fingerprint density at radius 2 is 2.35 bits per heavy atom. The van der Waals surface area contributed by atoms with Crippen LogP contribution in [-0.2, 0) is 17.8 Å². The lowest BCUT2D eigenvalue weighted by molar-refractivity contribution is -0.115. The number of anilines is 1. The predicted molar refractivity (Wildman–Crippen MR) is 81.0 cm³/mol. The number of likely N-dealkylation sites (N-methyl/N-ethyl adjacent to an activating group) is 1. The molecule has 0 unspecified atom stereocenters. The van der Waals surface area contributed by atoms with Gasteiger partial charge in [-0.05, 0) is 31.8 Å². The van der Waals surface area contributed by atoms with Crippen LogP contribution >= 0.6 is 11.3 Å². The largest absolute Gasteiger partial charge is 0.308 e. The van der Waals surface area contributed by atoms with Crippen molar-refractivity contribution >= 4 is 22.4 Å². The van der Waals surface area contributed by atoms with Gasteiger partial charge in [-0.2, -0.15) is 0 Å². The van der Waals surface area contributed by atoms with Crippen LogP contribution in [0.2, 0.25) is 0 Å². The summed E-state index contributed by atoms with van der Waals surface area (Å²) in [6, 6.07) is 0. The van der Waals surface area contributed by atoms with Gasteiger partial charge in [0.2, 0.25) is 5.91 Å². The molecule has 1 aromatic heterocycles. The first-order valence-electron chi connectivity index (χ1n) is 7.46. The van der Waals surface area contributed by atoms with Crippen molar-refractivity contribution in [3.8, 4) is 0 Å². The average molecular weight is 294 g/mol. The summed E-state index contributed by atoms with van der Waals surface area (Å²) in [6.45, 7) is 6.66. The quantitative estimate of drug-likeness (QED) is 0.834. The third-order valence-electron chi connectivity index (χ3n) is 3.92. The van der Waals surface area contributed by atoms with Crippen molar-refractivity contribution in [2.75, 3.05) is 31.5 Å². The van der Waals surface area contributed by atoms with Gasteiger partial charge in [-0.3, -0.25) is 9.69 Å². The van der Waals surface area contributed by atoms with Crippen molar-refractivity contribution in [3.63, 3.8) is 0 Å². The summed E-state index contributed by atoms with van der Waals surface area (Å²) in [5.74, 6) is 0.819. The van der Waals surface area contributed by atoms with Crippen LogP contribution in [0, 0.1) is 5.92 Å². The number of rotatable bonds is 6. The molecular weight excluding hydrogens is 272 g/mol. The summed E-state index contributed by atoms with van der Waals surface area (Å²) in [5.41, 5.74) is 1.17. The molecule has 0 atom stereocenters. The maximum atomic E-state index is 11.8. The molecule has 0 radical (unpaired) electrons. The lowest BCUT2D eigenvalue weighted by Crippen LogP contribution is -2.29. The summed E-state index contributed by atoms with van der Waals surface area (Å²) in [4.78, 5) is 20.1. The van der Waals surface area contributed by atoms with Crippen LogP contribution in [0.4, 0.5) is 5.13 Å². The summed E-state index contributed by atoms with van der Waals surface area (Å²) in [7, 11) is 0. The summed E-state index contributed by atoms with van der Waals surface area (Å²) < 4.78 is 0. The van der Waals surface area contributed by atoms with Gasteiger partial charge in [-0.25, -0.2) is 4.98 Å². The lowest BCUT2D eigenvalue weighted by Gasteiger charge is -2.23. The van der Waals surface area contributed by atoms with E-state index in [1.807, 2.05) is 0 Å². The van der Waals surface area contributed by atoms with Gasteiger partial charge in [0.05, 0.1) is 12.2 Å². The minimum absolute atomic E-state index is 0.0177. The van der Waals surface area contributed by atoms with Crippen LogP contribution in [-0.4, -0.2) is 42.0 Å². The van der Waals surface area contributed by atoms with E-state index in [0.717, 1.165) is 43.6 Å². The van der Waals surface area contributed by atoms with Crippen LogP contribution in [0.25, 0.3) is 0 Å². The summed E-state index contributed by atoms with van der Waals surface area (Å²) >= 11 is 1.62. The molecule has 1 saturated carbocycles. The second-order valence-electron chi connectivity index (χ2n) is 5.63. The molecule has 0 aromatic carbocycles. The molecule has 5 nitrogen and oxygen atoms in total. The molecule has 20 heavy (non-hydrogen) atoms. The number of hydrogen-bond donors (Lipinski definition) is 2. The molecule has 6 heteroatoms. The highest BCUT2D eigenvalue weighted by molar-refractivity contribution is 7.15. The number of hydrogen-bond acceptors (Lipinski definition) is 5. The molecule has 0 saturated heterocycles. The van der Waals surface area contributed by atoms with Crippen LogP contribution < -0.4 is 10.6 Å². The van der Waals surface area contributed by atoms with Gasteiger partial charge < -0.3 is 10.6 Å². The van der Waals surface area contributed by atoms with Gasteiger partial charge in [0.25, 0.3) is 0 Å². The monoisotopic (exact) mass is 294 g/mol. The van der Waals surface area contributed by atoms with Crippen molar-refractivity contribution < 1.29 is 4.79 Å². The second-order valence-corrected chi connectivity index (χ2v) is 6.71. The Morgan fingerprint density at radius 1 is 1.50 bits per heavy atom. The number of amides is 1. The number of fused-ring (bicyclic) bond motifs is 1. The molecule has 1 aliphatic carbocycles. The van der Waals surface area contributed by atoms with Gasteiger partial charge in [-0.1, -0.05) is 6.92 Å². The van der Waals surface area contributed by atoms with Crippen molar-refractivity contribution in [2.24, 2.45) is 5.92 Å². The normalized spacial score (nSPS) is 18.9. The maximum Gasteiger partial charge on any atom is 0.240 e. The molecule has 110 valence electrons. The smallest absolute Gasteiger partial charge is 0.240 e. The van der Waals surface area contributed by atoms with Gasteiger partial charge >= 0.3 is 0 Å². The topological polar surface area (TPSA) is 57.3 Å².